The number of allylic oxidation sites excluding steroid dienone is 3. The van der Waals surface area contributed by atoms with Crippen LogP contribution in [0.5, 0.6) is 0 Å². The Labute approximate surface area is 190 Å². The summed E-state index contributed by atoms with van der Waals surface area (Å²) in [6, 6.07) is 12.3. The largest absolute Gasteiger partial charge is 0.416 e. The Morgan fingerprint density at radius 2 is 1.85 bits per heavy atom. The molecule has 172 valence electrons. The molecule has 2 aliphatic rings. The maximum Gasteiger partial charge on any atom is 0.416 e. The first-order chi connectivity index (χ1) is 15.7. The maximum absolute atomic E-state index is 13.4. The standard InChI is InChI=1S/C26H25F3N2O2/c1-3-16-10-12-17(13-11-16)23-22(15(2)30-20-8-5-9-21(32)24(20)23)25(33)31-19-7-4-6-18(14-19)26(27,28)29/h4,6-7,10-14,23,30H,3,5,8-9H2,1-2H3,(H,31,33)/t23-/m1/s1. The number of anilines is 1. The van der Waals surface area contributed by atoms with Crippen molar-refractivity contribution in [3.63, 3.8) is 0 Å². The molecule has 1 heterocycles. The molecule has 0 saturated carbocycles. The van der Waals surface area contributed by atoms with Crippen LogP contribution in [-0.2, 0) is 22.2 Å². The van der Waals surface area contributed by atoms with Crippen LogP contribution in [0.2, 0.25) is 0 Å². The van der Waals surface area contributed by atoms with Crippen LogP contribution in [0.1, 0.15) is 55.7 Å². The van der Waals surface area contributed by atoms with E-state index < -0.39 is 23.6 Å². The van der Waals surface area contributed by atoms with Gasteiger partial charge in [0.25, 0.3) is 5.91 Å². The molecule has 0 aromatic heterocycles. The number of Topliss-reactive ketones (excluding diaryl/α,β-unsaturated/α-hetero) is 1. The van der Waals surface area contributed by atoms with E-state index in [1.807, 2.05) is 31.2 Å². The van der Waals surface area contributed by atoms with Crippen molar-refractivity contribution in [3.05, 3.63) is 87.8 Å². The number of ketones is 1. The molecule has 0 fully saturated rings. The summed E-state index contributed by atoms with van der Waals surface area (Å²) in [6.45, 7) is 3.81. The van der Waals surface area contributed by atoms with Gasteiger partial charge >= 0.3 is 6.18 Å². The van der Waals surface area contributed by atoms with Crippen molar-refractivity contribution in [3.8, 4) is 0 Å². The van der Waals surface area contributed by atoms with Crippen LogP contribution in [0.15, 0.2) is 71.1 Å². The van der Waals surface area contributed by atoms with E-state index in [9.17, 15) is 22.8 Å². The molecular weight excluding hydrogens is 429 g/mol. The fourth-order valence-corrected chi connectivity index (χ4v) is 4.54. The quantitative estimate of drug-likeness (QED) is 0.607. The third-order valence-corrected chi connectivity index (χ3v) is 6.19. The first kappa shape index (κ1) is 22.8. The molecule has 7 heteroatoms. The van der Waals surface area contributed by atoms with Crippen LogP contribution in [0.25, 0.3) is 0 Å². The first-order valence-corrected chi connectivity index (χ1v) is 11.0. The van der Waals surface area contributed by atoms with Crippen molar-refractivity contribution in [2.24, 2.45) is 0 Å². The minimum atomic E-state index is -4.51. The van der Waals surface area contributed by atoms with Crippen molar-refractivity contribution in [1.29, 1.82) is 0 Å². The number of rotatable bonds is 4. The molecule has 33 heavy (non-hydrogen) atoms. The topological polar surface area (TPSA) is 58.2 Å². The van der Waals surface area contributed by atoms with E-state index in [1.165, 1.54) is 12.1 Å². The highest BCUT2D eigenvalue weighted by Gasteiger charge is 2.38. The van der Waals surface area contributed by atoms with Gasteiger partial charge in [-0.05, 0) is 55.5 Å². The predicted molar refractivity (Wildman–Crippen MR) is 120 cm³/mol. The van der Waals surface area contributed by atoms with Crippen LogP contribution in [-0.4, -0.2) is 11.7 Å². The van der Waals surface area contributed by atoms with Gasteiger partial charge in [0.15, 0.2) is 5.78 Å². The van der Waals surface area contributed by atoms with E-state index in [0.29, 0.717) is 29.7 Å². The van der Waals surface area contributed by atoms with Crippen molar-refractivity contribution < 1.29 is 22.8 Å². The van der Waals surface area contributed by atoms with Gasteiger partial charge in [-0.1, -0.05) is 37.3 Å². The number of halogens is 3. The van der Waals surface area contributed by atoms with Gasteiger partial charge in [0.1, 0.15) is 0 Å². The van der Waals surface area contributed by atoms with Gasteiger partial charge in [0.2, 0.25) is 0 Å². The number of nitrogens with one attached hydrogen (secondary N) is 2. The lowest BCUT2D eigenvalue weighted by Crippen LogP contribution is -2.35. The number of hydrogen-bond donors (Lipinski definition) is 2. The number of aryl methyl sites for hydroxylation is 1. The molecule has 1 aliphatic carbocycles. The fourth-order valence-electron chi connectivity index (χ4n) is 4.54. The van der Waals surface area contributed by atoms with Crippen LogP contribution < -0.4 is 10.6 Å². The average molecular weight is 454 g/mol. The Bertz CT molecular complexity index is 1160. The van der Waals surface area contributed by atoms with Gasteiger partial charge in [-0.3, -0.25) is 9.59 Å². The van der Waals surface area contributed by atoms with E-state index in [1.54, 1.807) is 6.92 Å². The minimum Gasteiger partial charge on any atom is -0.362 e. The molecule has 0 spiro atoms. The number of alkyl halides is 3. The van der Waals surface area contributed by atoms with Gasteiger partial charge in [0, 0.05) is 40.6 Å². The zero-order valence-corrected chi connectivity index (χ0v) is 18.5. The molecule has 4 rings (SSSR count). The maximum atomic E-state index is 13.4. The molecule has 0 bridgehead atoms. The second-order valence-electron chi connectivity index (χ2n) is 8.39. The van der Waals surface area contributed by atoms with Crippen LogP contribution in [0.4, 0.5) is 18.9 Å². The van der Waals surface area contributed by atoms with Gasteiger partial charge in [-0.25, -0.2) is 0 Å². The molecular formula is C26H25F3N2O2. The van der Waals surface area contributed by atoms with Crippen molar-refractivity contribution in [2.45, 2.75) is 51.6 Å². The van der Waals surface area contributed by atoms with Crippen LogP contribution >= 0.6 is 0 Å². The van der Waals surface area contributed by atoms with Crippen molar-refractivity contribution in [2.75, 3.05) is 5.32 Å². The number of carbonyl (C=O) groups is 2. The lowest BCUT2D eigenvalue weighted by atomic mass is 9.75. The summed E-state index contributed by atoms with van der Waals surface area (Å²) in [7, 11) is 0. The Morgan fingerprint density at radius 1 is 1.12 bits per heavy atom. The van der Waals surface area contributed by atoms with E-state index in [-0.39, 0.29) is 11.5 Å². The summed E-state index contributed by atoms with van der Waals surface area (Å²) in [5.74, 6) is -1.12. The third-order valence-electron chi connectivity index (χ3n) is 6.19. The Morgan fingerprint density at radius 3 is 2.52 bits per heavy atom. The van der Waals surface area contributed by atoms with Gasteiger partial charge < -0.3 is 10.6 Å². The molecule has 1 amide bonds. The number of dihydropyridines is 1. The molecule has 0 saturated heterocycles. The molecule has 1 atom stereocenters. The molecule has 4 nitrogen and oxygen atoms in total. The summed E-state index contributed by atoms with van der Waals surface area (Å²) in [5, 5.41) is 5.84. The second-order valence-corrected chi connectivity index (χ2v) is 8.39. The lowest BCUT2D eigenvalue weighted by molar-refractivity contribution is -0.137. The Hall–Kier alpha value is -3.35. The molecule has 0 radical (unpaired) electrons. The number of carbonyl (C=O) groups excluding carboxylic acids is 2. The van der Waals surface area contributed by atoms with Crippen LogP contribution in [0, 0.1) is 0 Å². The zero-order valence-electron chi connectivity index (χ0n) is 18.5. The Kier molecular flexibility index (Phi) is 6.15. The fraction of sp³-hybridized carbons (Fsp3) is 0.308. The van der Waals surface area contributed by atoms with Gasteiger partial charge in [0.05, 0.1) is 5.56 Å². The average Bonchev–Trinajstić information content (AvgIpc) is 2.78. The number of hydrogen-bond acceptors (Lipinski definition) is 3. The molecule has 2 aromatic carbocycles. The summed E-state index contributed by atoms with van der Waals surface area (Å²) >= 11 is 0. The van der Waals surface area contributed by atoms with Crippen molar-refractivity contribution in [1.82, 2.24) is 5.32 Å². The van der Waals surface area contributed by atoms with E-state index in [4.69, 9.17) is 0 Å². The predicted octanol–water partition coefficient (Wildman–Crippen LogP) is 5.87. The number of amides is 1. The Balaban J connectivity index is 1.74. The summed E-state index contributed by atoms with van der Waals surface area (Å²) in [6.07, 6.45) is -1.79. The third kappa shape index (κ3) is 4.58. The highest BCUT2D eigenvalue weighted by Crippen LogP contribution is 2.42. The summed E-state index contributed by atoms with van der Waals surface area (Å²) < 4.78 is 39.4. The summed E-state index contributed by atoms with van der Waals surface area (Å²) in [4.78, 5) is 26.3. The SMILES string of the molecule is CCc1ccc([C@@H]2C(C(=O)Nc3cccc(C(F)(F)F)c3)=C(C)NC3=C2C(=O)CCC3)cc1. The van der Waals surface area contributed by atoms with E-state index in [2.05, 4.69) is 10.6 Å². The monoisotopic (exact) mass is 454 g/mol. The molecule has 2 aromatic rings. The second kappa shape index (κ2) is 8.89. The highest BCUT2D eigenvalue weighted by atomic mass is 19.4. The number of benzene rings is 2. The summed E-state index contributed by atoms with van der Waals surface area (Å²) in [5.41, 5.74) is 3.48. The molecule has 2 N–H and O–H groups in total. The minimum absolute atomic E-state index is 0.00909. The normalized spacial score (nSPS) is 18.7. The highest BCUT2D eigenvalue weighted by molar-refractivity contribution is 6.09. The molecule has 0 unspecified atom stereocenters. The zero-order chi connectivity index (χ0) is 23.8. The van der Waals surface area contributed by atoms with E-state index in [0.717, 1.165) is 41.8 Å². The van der Waals surface area contributed by atoms with Gasteiger partial charge in [-0.2, -0.15) is 13.2 Å². The smallest absolute Gasteiger partial charge is 0.362 e. The van der Waals surface area contributed by atoms with Gasteiger partial charge in [-0.15, -0.1) is 0 Å². The lowest BCUT2D eigenvalue weighted by Gasteiger charge is -2.34. The first-order valence-electron chi connectivity index (χ1n) is 11.0. The molecule has 1 aliphatic heterocycles. The van der Waals surface area contributed by atoms with Crippen LogP contribution in [0.3, 0.4) is 0 Å². The van der Waals surface area contributed by atoms with Crippen molar-refractivity contribution >= 4 is 17.4 Å². The van der Waals surface area contributed by atoms with E-state index >= 15 is 0 Å².